The van der Waals surface area contributed by atoms with Crippen molar-refractivity contribution in [2.75, 3.05) is 11.5 Å². The highest BCUT2D eigenvalue weighted by Crippen LogP contribution is 2.37. The molecule has 0 saturated carbocycles. The van der Waals surface area contributed by atoms with Crippen LogP contribution in [-0.2, 0) is 28.6 Å². The van der Waals surface area contributed by atoms with Gasteiger partial charge >= 0.3 is 18.2 Å². The van der Waals surface area contributed by atoms with Crippen molar-refractivity contribution < 1.29 is 36.7 Å². The second kappa shape index (κ2) is 14.1. The molecule has 244 valence electrons. The summed E-state index contributed by atoms with van der Waals surface area (Å²) in [5.41, 5.74) is -0.341. The fraction of sp³-hybridized carbons (Fsp3) is 0.485. The van der Waals surface area contributed by atoms with E-state index in [1.807, 2.05) is 58.0 Å². The summed E-state index contributed by atoms with van der Waals surface area (Å²) in [6, 6.07) is 12.3. The number of esters is 1. The Hall–Kier alpha value is -3.73. The molecule has 1 aromatic heterocycles. The third-order valence-electron chi connectivity index (χ3n) is 7.57. The van der Waals surface area contributed by atoms with Crippen molar-refractivity contribution in [3.63, 3.8) is 0 Å². The summed E-state index contributed by atoms with van der Waals surface area (Å²) >= 11 is 6.14. The molecule has 0 bridgehead atoms. The molecule has 1 saturated heterocycles. The average Bonchev–Trinajstić information content (AvgIpc) is 3.45. The van der Waals surface area contributed by atoms with Crippen LogP contribution in [0.1, 0.15) is 81.1 Å². The van der Waals surface area contributed by atoms with Gasteiger partial charge in [-0.05, 0) is 82.7 Å². The van der Waals surface area contributed by atoms with E-state index in [4.69, 9.17) is 25.5 Å². The van der Waals surface area contributed by atoms with Crippen LogP contribution in [0.3, 0.4) is 0 Å². The molecule has 4 rings (SSSR count). The lowest BCUT2D eigenvalue weighted by molar-refractivity contribution is -0.137. The van der Waals surface area contributed by atoms with Gasteiger partial charge in [-0.25, -0.2) is 9.59 Å². The monoisotopic (exact) mass is 649 g/mol. The van der Waals surface area contributed by atoms with Crippen LogP contribution in [0.25, 0.3) is 0 Å². The van der Waals surface area contributed by atoms with Gasteiger partial charge in [0.15, 0.2) is 5.69 Å². The van der Waals surface area contributed by atoms with Gasteiger partial charge in [0.05, 0.1) is 12.2 Å². The van der Waals surface area contributed by atoms with Gasteiger partial charge in [-0.2, -0.15) is 18.2 Å². The van der Waals surface area contributed by atoms with E-state index >= 15 is 0 Å². The second-order valence-electron chi connectivity index (χ2n) is 12.1. The largest absolute Gasteiger partial charge is 0.461 e. The Labute approximate surface area is 266 Å². The molecule has 1 aliphatic heterocycles. The Balaban J connectivity index is 1.76. The molecular weight excluding hydrogens is 611 g/mol. The van der Waals surface area contributed by atoms with Crippen LogP contribution in [0.5, 0.6) is 0 Å². The molecule has 3 atom stereocenters. The minimum Gasteiger partial charge on any atom is -0.461 e. The predicted octanol–water partition coefficient (Wildman–Crippen LogP) is 8.32. The van der Waals surface area contributed by atoms with Gasteiger partial charge in [-0.1, -0.05) is 48.9 Å². The summed E-state index contributed by atoms with van der Waals surface area (Å²) in [7, 11) is 0. The lowest BCUT2D eigenvalue weighted by atomic mass is 9.86. The van der Waals surface area contributed by atoms with Crippen LogP contribution < -0.4 is 4.90 Å². The summed E-state index contributed by atoms with van der Waals surface area (Å²) in [6.45, 7) is 9.18. The van der Waals surface area contributed by atoms with Crippen LogP contribution >= 0.6 is 11.6 Å². The number of likely N-dealkylation sites (tertiary alicyclic amines) is 1. The quantitative estimate of drug-likeness (QED) is 0.216. The van der Waals surface area contributed by atoms with Gasteiger partial charge in [0.2, 0.25) is 0 Å². The van der Waals surface area contributed by atoms with Crippen LogP contribution in [0.15, 0.2) is 59.2 Å². The Bertz CT molecular complexity index is 1460. The highest BCUT2D eigenvalue weighted by Gasteiger charge is 2.43. The normalized spacial score (nSPS) is 18.9. The van der Waals surface area contributed by atoms with Crippen molar-refractivity contribution in [1.29, 1.82) is 0 Å². The SMILES string of the molecule is CCOC(=O)c1coc(N(Cc2cc(Cl)cc(C(F)(F)F)c2)[C@H]2C[C@@H](CC)N(C(=O)OC(C)(C)C)[C@@H](Cc3ccccc3)C2)n1. The number of halogens is 4. The van der Waals surface area contributed by atoms with Gasteiger partial charge in [0.1, 0.15) is 11.9 Å². The number of rotatable bonds is 9. The molecule has 12 heteroatoms. The minimum absolute atomic E-state index is 0.0436. The van der Waals surface area contributed by atoms with Crippen molar-refractivity contribution in [1.82, 2.24) is 9.88 Å². The van der Waals surface area contributed by atoms with Gasteiger partial charge < -0.3 is 23.7 Å². The number of anilines is 1. The molecule has 2 aromatic carbocycles. The molecule has 3 aromatic rings. The molecule has 1 aliphatic rings. The summed E-state index contributed by atoms with van der Waals surface area (Å²) in [5.74, 6) is -0.678. The number of alkyl halides is 3. The fourth-order valence-corrected chi connectivity index (χ4v) is 5.96. The predicted molar refractivity (Wildman–Crippen MR) is 164 cm³/mol. The van der Waals surface area contributed by atoms with Gasteiger partial charge in [-0.15, -0.1) is 0 Å². The Kier molecular flexibility index (Phi) is 10.7. The average molecular weight is 650 g/mol. The summed E-state index contributed by atoms with van der Waals surface area (Å²) in [5, 5.41) is -0.0625. The van der Waals surface area contributed by atoms with E-state index in [-0.39, 0.29) is 53.6 Å². The van der Waals surface area contributed by atoms with Crippen molar-refractivity contribution in [2.45, 2.75) is 96.7 Å². The smallest absolute Gasteiger partial charge is 0.416 e. The number of oxazole rings is 1. The molecule has 2 heterocycles. The standard InChI is InChI=1S/C33H39ClF3N3O5/c1-6-25-17-26(18-27(15-21-11-9-8-10-12-21)40(25)31(42)45-32(3,4)5)39(30-38-28(20-44-30)29(41)43-7-2)19-22-13-23(33(35,36)37)16-24(34)14-22/h8-14,16,20,25-27H,6-7,15,17-19H2,1-5H3/t25-,26+,27+/m1/s1. The number of carbonyl (C=O) groups excluding carboxylic acids is 2. The summed E-state index contributed by atoms with van der Waals surface area (Å²) in [4.78, 5) is 34.0. The van der Waals surface area contributed by atoms with Gasteiger partial charge in [-0.3, -0.25) is 0 Å². The number of amides is 1. The first-order valence-electron chi connectivity index (χ1n) is 15.0. The molecule has 0 N–H and O–H groups in total. The van der Waals surface area contributed by atoms with E-state index in [1.165, 1.54) is 12.3 Å². The van der Waals surface area contributed by atoms with E-state index < -0.39 is 29.4 Å². The maximum atomic E-state index is 13.7. The maximum absolute atomic E-state index is 13.7. The van der Waals surface area contributed by atoms with Crippen molar-refractivity contribution in [3.05, 3.63) is 82.2 Å². The number of ether oxygens (including phenoxy) is 2. The van der Waals surface area contributed by atoms with E-state index in [1.54, 1.807) is 16.7 Å². The van der Waals surface area contributed by atoms with E-state index in [9.17, 15) is 22.8 Å². The third kappa shape index (κ3) is 8.93. The zero-order chi connectivity index (χ0) is 32.9. The molecular formula is C33H39ClF3N3O5. The van der Waals surface area contributed by atoms with Crippen LogP contribution in [0.4, 0.5) is 24.0 Å². The summed E-state index contributed by atoms with van der Waals surface area (Å²) in [6.07, 6.45) is -1.85. The molecule has 0 aliphatic carbocycles. The Morgan fingerprint density at radius 2 is 1.73 bits per heavy atom. The molecule has 45 heavy (non-hydrogen) atoms. The first kappa shape index (κ1) is 34.1. The molecule has 8 nitrogen and oxygen atoms in total. The number of nitrogens with zero attached hydrogens (tertiary/aromatic N) is 3. The van der Waals surface area contributed by atoms with Crippen molar-refractivity contribution >= 4 is 29.7 Å². The van der Waals surface area contributed by atoms with E-state index in [0.29, 0.717) is 25.7 Å². The zero-order valence-electron chi connectivity index (χ0n) is 26.1. The zero-order valence-corrected chi connectivity index (χ0v) is 26.8. The fourth-order valence-electron chi connectivity index (χ4n) is 5.70. The molecule has 0 unspecified atom stereocenters. The first-order valence-corrected chi connectivity index (χ1v) is 15.4. The van der Waals surface area contributed by atoms with Crippen LogP contribution in [0, 0.1) is 0 Å². The highest BCUT2D eigenvalue weighted by atomic mass is 35.5. The molecule has 1 fully saturated rings. The molecule has 0 spiro atoms. The Morgan fingerprint density at radius 3 is 2.36 bits per heavy atom. The number of aromatic nitrogens is 1. The second-order valence-corrected chi connectivity index (χ2v) is 12.6. The third-order valence-corrected chi connectivity index (χ3v) is 7.78. The van der Waals surface area contributed by atoms with Gasteiger partial charge in [0.25, 0.3) is 6.01 Å². The van der Waals surface area contributed by atoms with E-state index in [0.717, 1.165) is 17.7 Å². The first-order chi connectivity index (χ1) is 21.2. The van der Waals surface area contributed by atoms with E-state index in [2.05, 4.69) is 4.98 Å². The molecule has 1 amide bonds. The minimum atomic E-state index is -4.60. The lowest BCUT2D eigenvalue weighted by Crippen LogP contribution is -2.58. The van der Waals surface area contributed by atoms with Crippen LogP contribution in [0.2, 0.25) is 5.02 Å². The van der Waals surface area contributed by atoms with Crippen molar-refractivity contribution in [3.8, 4) is 0 Å². The number of piperidine rings is 1. The number of hydrogen-bond donors (Lipinski definition) is 0. The Morgan fingerprint density at radius 1 is 1.04 bits per heavy atom. The maximum Gasteiger partial charge on any atom is 0.416 e. The van der Waals surface area contributed by atoms with Crippen LogP contribution in [-0.4, -0.2) is 52.3 Å². The van der Waals surface area contributed by atoms with Gasteiger partial charge in [0, 0.05) is 29.7 Å². The summed E-state index contributed by atoms with van der Waals surface area (Å²) < 4.78 is 57.8. The number of carbonyl (C=O) groups is 2. The number of benzene rings is 2. The highest BCUT2D eigenvalue weighted by molar-refractivity contribution is 6.30. The number of hydrogen-bond acceptors (Lipinski definition) is 7. The van der Waals surface area contributed by atoms with Crippen molar-refractivity contribution in [2.24, 2.45) is 0 Å². The topological polar surface area (TPSA) is 85.1 Å². The lowest BCUT2D eigenvalue weighted by Gasteiger charge is -2.48. The molecule has 0 radical (unpaired) electrons.